The minimum Gasteiger partial charge on any atom is -0.309 e. The van der Waals surface area contributed by atoms with Gasteiger partial charge in [-0.05, 0) is 32.4 Å². The molecule has 0 spiro atoms. The molecule has 2 aromatic rings. The van der Waals surface area contributed by atoms with Gasteiger partial charge in [0.15, 0.2) is 0 Å². The maximum Gasteiger partial charge on any atom is 0.149 e. The molecule has 0 fully saturated rings. The Labute approximate surface area is 130 Å². The van der Waals surface area contributed by atoms with E-state index in [1.165, 1.54) is 16.7 Å². The predicted molar refractivity (Wildman–Crippen MR) is 89.8 cm³/mol. The molecule has 1 heterocycles. The van der Waals surface area contributed by atoms with Crippen LogP contribution in [0.3, 0.4) is 0 Å². The zero-order valence-electron chi connectivity index (χ0n) is 12.3. The van der Waals surface area contributed by atoms with Gasteiger partial charge in [0.1, 0.15) is 4.34 Å². The van der Waals surface area contributed by atoms with E-state index in [-0.39, 0.29) is 0 Å². The summed E-state index contributed by atoms with van der Waals surface area (Å²) in [6.07, 6.45) is 3.03. The summed E-state index contributed by atoms with van der Waals surface area (Å²) in [6.45, 7) is 7.60. The minimum atomic E-state index is 0.391. The van der Waals surface area contributed by atoms with Crippen molar-refractivity contribution in [2.24, 2.45) is 0 Å². The lowest BCUT2D eigenvalue weighted by Gasteiger charge is -2.19. The average Bonchev–Trinajstić information content (AvgIpc) is 2.91. The second kappa shape index (κ2) is 7.81. The summed E-state index contributed by atoms with van der Waals surface area (Å²) in [5, 5.41) is 5.69. The van der Waals surface area contributed by atoms with Crippen LogP contribution in [0.15, 0.2) is 34.1 Å². The second-order valence-electron chi connectivity index (χ2n) is 5.04. The van der Waals surface area contributed by atoms with E-state index in [4.69, 9.17) is 0 Å². The Morgan fingerprint density at radius 3 is 2.60 bits per heavy atom. The van der Waals surface area contributed by atoms with Gasteiger partial charge in [-0.3, -0.25) is 0 Å². The first-order chi connectivity index (χ1) is 9.69. The Morgan fingerprint density at radius 2 is 2.00 bits per heavy atom. The predicted octanol–water partition coefficient (Wildman–Crippen LogP) is 4.59. The number of hydrogen-bond acceptors (Lipinski definition) is 4. The van der Waals surface area contributed by atoms with Gasteiger partial charge in [0.25, 0.3) is 0 Å². The van der Waals surface area contributed by atoms with Crippen molar-refractivity contribution in [1.29, 1.82) is 0 Å². The van der Waals surface area contributed by atoms with Crippen molar-refractivity contribution in [3.8, 4) is 0 Å². The molecule has 4 heteroatoms. The number of thioether (sulfide) groups is 1. The third-order valence-corrected chi connectivity index (χ3v) is 5.13. The first-order valence-electron chi connectivity index (χ1n) is 7.03. The largest absolute Gasteiger partial charge is 0.309 e. The van der Waals surface area contributed by atoms with Crippen LogP contribution in [0, 0.1) is 13.8 Å². The van der Waals surface area contributed by atoms with Gasteiger partial charge in [0, 0.05) is 23.4 Å². The van der Waals surface area contributed by atoms with Gasteiger partial charge in [-0.25, -0.2) is 4.98 Å². The molecular formula is C16H22N2S2. The van der Waals surface area contributed by atoms with Crippen LogP contribution in [0.5, 0.6) is 0 Å². The average molecular weight is 307 g/mol. The van der Waals surface area contributed by atoms with Crippen LogP contribution >= 0.6 is 23.1 Å². The van der Waals surface area contributed by atoms with E-state index >= 15 is 0 Å². The molecule has 1 atom stereocenters. The van der Waals surface area contributed by atoms with Crippen molar-refractivity contribution in [2.75, 3.05) is 12.3 Å². The summed E-state index contributed by atoms with van der Waals surface area (Å²) in [7, 11) is 0. The van der Waals surface area contributed by atoms with E-state index in [0.717, 1.165) is 23.1 Å². The Bertz CT molecular complexity index is 503. The number of rotatable bonds is 7. The molecule has 0 saturated carbocycles. The Kier molecular flexibility index (Phi) is 6.07. The maximum atomic E-state index is 4.35. The molecule has 0 saturated heterocycles. The Morgan fingerprint density at radius 1 is 1.25 bits per heavy atom. The van der Waals surface area contributed by atoms with Crippen molar-refractivity contribution < 1.29 is 0 Å². The van der Waals surface area contributed by atoms with Gasteiger partial charge < -0.3 is 5.32 Å². The SMILES string of the molecule is CCCNC(CSc1nccs1)c1cc(C)cc(C)c1. The fourth-order valence-corrected chi connectivity index (χ4v) is 4.00. The molecule has 0 aliphatic heterocycles. The van der Waals surface area contributed by atoms with Crippen molar-refractivity contribution in [2.45, 2.75) is 37.6 Å². The number of thiazole rings is 1. The van der Waals surface area contributed by atoms with Crippen LogP contribution in [-0.2, 0) is 0 Å². The van der Waals surface area contributed by atoms with Crippen molar-refractivity contribution >= 4 is 23.1 Å². The first kappa shape index (κ1) is 15.5. The van der Waals surface area contributed by atoms with Gasteiger partial charge in [-0.2, -0.15) is 0 Å². The van der Waals surface area contributed by atoms with Crippen LogP contribution in [-0.4, -0.2) is 17.3 Å². The highest BCUT2D eigenvalue weighted by Crippen LogP contribution is 2.27. The lowest BCUT2D eigenvalue weighted by atomic mass is 10.0. The number of aryl methyl sites for hydroxylation is 2. The molecule has 1 aromatic carbocycles. The van der Waals surface area contributed by atoms with Gasteiger partial charge in [-0.1, -0.05) is 48.0 Å². The number of benzene rings is 1. The quantitative estimate of drug-likeness (QED) is 0.757. The van der Waals surface area contributed by atoms with E-state index in [0.29, 0.717) is 6.04 Å². The molecule has 108 valence electrons. The summed E-state index contributed by atoms with van der Waals surface area (Å²) in [6, 6.07) is 7.21. The van der Waals surface area contributed by atoms with E-state index in [9.17, 15) is 0 Å². The number of nitrogens with zero attached hydrogens (tertiary/aromatic N) is 1. The van der Waals surface area contributed by atoms with Crippen LogP contribution in [0.4, 0.5) is 0 Å². The highest BCUT2D eigenvalue weighted by molar-refractivity contribution is 8.01. The third kappa shape index (κ3) is 4.62. The lowest BCUT2D eigenvalue weighted by molar-refractivity contribution is 0.577. The standard InChI is InChI=1S/C16H22N2S2/c1-4-5-17-15(11-20-16-18-6-7-19-16)14-9-12(2)8-13(3)10-14/h6-10,15,17H,4-5,11H2,1-3H3. The smallest absolute Gasteiger partial charge is 0.149 e. The zero-order chi connectivity index (χ0) is 14.4. The molecule has 0 radical (unpaired) electrons. The molecule has 2 nitrogen and oxygen atoms in total. The van der Waals surface area contributed by atoms with Crippen molar-refractivity contribution in [3.63, 3.8) is 0 Å². The van der Waals surface area contributed by atoms with E-state index in [2.05, 4.69) is 49.3 Å². The normalized spacial score (nSPS) is 12.6. The molecule has 1 N–H and O–H groups in total. The van der Waals surface area contributed by atoms with Gasteiger partial charge in [-0.15, -0.1) is 11.3 Å². The maximum absolute atomic E-state index is 4.35. The molecule has 2 rings (SSSR count). The summed E-state index contributed by atoms with van der Waals surface area (Å²) in [5.74, 6) is 1.02. The fourth-order valence-electron chi connectivity index (χ4n) is 2.24. The monoisotopic (exact) mass is 306 g/mol. The molecule has 0 aliphatic rings. The van der Waals surface area contributed by atoms with Crippen molar-refractivity contribution in [3.05, 3.63) is 46.5 Å². The third-order valence-electron chi connectivity index (χ3n) is 3.07. The number of aromatic nitrogens is 1. The van der Waals surface area contributed by atoms with Crippen LogP contribution < -0.4 is 5.32 Å². The second-order valence-corrected chi connectivity index (χ2v) is 7.20. The summed E-state index contributed by atoms with van der Waals surface area (Å²) in [5.41, 5.74) is 4.06. The van der Waals surface area contributed by atoms with Crippen LogP contribution in [0.1, 0.15) is 36.1 Å². The first-order valence-corrected chi connectivity index (χ1v) is 8.89. The van der Waals surface area contributed by atoms with E-state index in [1.54, 1.807) is 11.3 Å². The highest BCUT2D eigenvalue weighted by Gasteiger charge is 2.12. The molecular weight excluding hydrogens is 284 g/mol. The summed E-state index contributed by atoms with van der Waals surface area (Å²) < 4.78 is 1.15. The topological polar surface area (TPSA) is 24.9 Å². The van der Waals surface area contributed by atoms with E-state index < -0.39 is 0 Å². The summed E-state index contributed by atoms with van der Waals surface area (Å²) >= 11 is 3.55. The molecule has 0 aliphatic carbocycles. The molecule has 0 bridgehead atoms. The van der Waals surface area contributed by atoms with Crippen molar-refractivity contribution in [1.82, 2.24) is 10.3 Å². The number of nitrogens with one attached hydrogen (secondary N) is 1. The van der Waals surface area contributed by atoms with Gasteiger partial charge >= 0.3 is 0 Å². The van der Waals surface area contributed by atoms with Crippen LogP contribution in [0.25, 0.3) is 0 Å². The number of hydrogen-bond donors (Lipinski definition) is 1. The van der Waals surface area contributed by atoms with Gasteiger partial charge in [0.2, 0.25) is 0 Å². The highest BCUT2D eigenvalue weighted by atomic mass is 32.2. The fraction of sp³-hybridized carbons (Fsp3) is 0.438. The molecule has 20 heavy (non-hydrogen) atoms. The van der Waals surface area contributed by atoms with E-state index in [1.807, 2.05) is 23.3 Å². The molecule has 0 amide bonds. The Balaban J connectivity index is 2.09. The lowest BCUT2D eigenvalue weighted by Crippen LogP contribution is -2.24. The van der Waals surface area contributed by atoms with Gasteiger partial charge in [0.05, 0.1) is 0 Å². The zero-order valence-corrected chi connectivity index (χ0v) is 14.0. The summed E-state index contributed by atoms with van der Waals surface area (Å²) in [4.78, 5) is 4.35. The minimum absolute atomic E-state index is 0.391. The molecule has 1 unspecified atom stereocenters. The molecule has 1 aromatic heterocycles. The Hall–Kier alpha value is -0.840. The van der Waals surface area contributed by atoms with Crippen LogP contribution in [0.2, 0.25) is 0 Å².